The zero-order chi connectivity index (χ0) is 25.4. The molecular weight excluding hydrogens is 446 g/mol. The summed E-state index contributed by atoms with van der Waals surface area (Å²) in [5.74, 6) is 0. The molecule has 1 heteroatoms. The molecule has 0 bridgehead atoms. The maximum atomic E-state index is 3.66. The number of fused-ring (bicyclic) bond motifs is 2. The van der Waals surface area contributed by atoms with Gasteiger partial charge in [-0.1, -0.05) is 124 Å². The smallest absolute Gasteiger partial charge is 0.0396 e. The van der Waals surface area contributed by atoms with Crippen molar-refractivity contribution in [1.29, 1.82) is 0 Å². The first-order valence-electron chi connectivity index (χ1n) is 12.9. The van der Waals surface area contributed by atoms with Crippen molar-refractivity contribution < 1.29 is 0 Å². The molecule has 6 aromatic carbocycles. The van der Waals surface area contributed by atoms with Gasteiger partial charge < -0.3 is 5.32 Å². The van der Waals surface area contributed by atoms with Crippen LogP contribution in [0.3, 0.4) is 0 Å². The van der Waals surface area contributed by atoms with Crippen molar-refractivity contribution in [1.82, 2.24) is 0 Å². The highest BCUT2D eigenvalue weighted by atomic mass is 14.9. The molecule has 0 saturated carbocycles. The minimum absolute atomic E-state index is 0.164. The van der Waals surface area contributed by atoms with E-state index >= 15 is 0 Å². The summed E-state index contributed by atoms with van der Waals surface area (Å²) in [6.45, 7) is 6.75. The van der Waals surface area contributed by atoms with Gasteiger partial charge in [-0.05, 0) is 79.0 Å². The molecule has 0 amide bonds. The molecular formula is C36H31N. The Hall–Kier alpha value is -4.36. The van der Waals surface area contributed by atoms with Gasteiger partial charge in [0.05, 0.1) is 0 Å². The molecule has 6 aromatic rings. The second-order valence-electron chi connectivity index (χ2n) is 10.8. The summed E-state index contributed by atoms with van der Waals surface area (Å²) in [6.07, 6.45) is 0. The molecule has 0 unspecified atom stereocenters. The molecule has 0 spiro atoms. The number of nitrogens with one attached hydrogen (secondary N) is 1. The zero-order valence-corrected chi connectivity index (χ0v) is 21.6. The number of anilines is 2. The topological polar surface area (TPSA) is 12.0 Å². The zero-order valence-electron chi connectivity index (χ0n) is 21.6. The SMILES string of the molecule is CC(C)(C)c1ccc(-c2ccc(Nc3cc(-c4cccc5ccccc45)c4ccccc4c3)cc2)cc1. The maximum absolute atomic E-state index is 3.66. The van der Waals surface area contributed by atoms with E-state index in [9.17, 15) is 0 Å². The van der Waals surface area contributed by atoms with E-state index in [1.54, 1.807) is 0 Å². The monoisotopic (exact) mass is 477 g/mol. The highest BCUT2D eigenvalue weighted by molar-refractivity contribution is 6.07. The van der Waals surface area contributed by atoms with Crippen LogP contribution in [0.4, 0.5) is 11.4 Å². The van der Waals surface area contributed by atoms with Gasteiger partial charge in [-0.25, -0.2) is 0 Å². The van der Waals surface area contributed by atoms with E-state index in [0.717, 1.165) is 11.4 Å². The predicted molar refractivity (Wildman–Crippen MR) is 161 cm³/mol. The molecule has 0 saturated heterocycles. The van der Waals surface area contributed by atoms with E-state index in [1.165, 1.54) is 49.4 Å². The molecule has 1 nitrogen and oxygen atoms in total. The third-order valence-corrected chi connectivity index (χ3v) is 7.20. The summed E-state index contributed by atoms with van der Waals surface area (Å²) in [5, 5.41) is 8.68. The summed E-state index contributed by atoms with van der Waals surface area (Å²) in [7, 11) is 0. The summed E-state index contributed by atoms with van der Waals surface area (Å²) in [5.41, 5.74) is 8.65. The van der Waals surface area contributed by atoms with Gasteiger partial charge in [0.1, 0.15) is 0 Å². The molecule has 0 fully saturated rings. The van der Waals surface area contributed by atoms with Crippen LogP contribution in [0.1, 0.15) is 26.3 Å². The highest BCUT2D eigenvalue weighted by Gasteiger charge is 2.13. The van der Waals surface area contributed by atoms with Crippen LogP contribution >= 0.6 is 0 Å². The summed E-state index contributed by atoms with van der Waals surface area (Å²) in [6, 6.07) is 46.0. The average Bonchev–Trinajstić information content (AvgIpc) is 2.92. The van der Waals surface area contributed by atoms with E-state index in [-0.39, 0.29) is 5.41 Å². The molecule has 0 aliphatic rings. The molecule has 0 aromatic heterocycles. The lowest BCUT2D eigenvalue weighted by atomic mass is 9.86. The van der Waals surface area contributed by atoms with Gasteiger partial charge in [0.15, 0.2) is 0 Å². The number of benzene rings is 6. The third kappa shape index (κ3) is 4.61. The van der Waals surface area contributed by atoms with Crippen LogP contribution in [0.15, 0.2) is 127 Å². The molecule has 0 aliphatic carbocycles. The van der Waals surface area contributed by atoms with Crippen molar-refractivity contribution >= 4 is 32.9 Å². The van der Waals surface area contributed by atoms with Crippen LogP contribution in [0, 0.1) is 0 Å². The molecule has 1 N–H and O–H groups in total. The summed E-state index contributed by atoms with van der Waals surface area (Å²) in [4.78, 5) is 0. The van der Waals surface area contributed by atoms with Crippen LogP contribution in [0.5, 0.6) is 0 Å². The third-order valence-electron chi connectivity index (χ3n) is 7.20. The number of hydrogen-bond donors (Lipinski definition) is 1. The molecule has 0 aliphatic heterocycles. The number of hydrogen-bond acceptors (Lipinski definition) is 1. The van der Waals surface area contributed by atoms with Gasteiger partial charge in [-0.15, -0.1) is 0 Å². The van der Waals surface area contributed by atoms with Crippen molar-refractivity contribution in [2.24, 2.45) is 0 Å². The Morgan fingerprint density at radius 2 is 1.03 bits per heavy atom. The fraction of sp³-hybridized carbons (Fsp3) is 0.111. The summed E-state index contributed by atoms with van der Waals surface area (Å²) >= 11 is 0. The summed E-state index contributed by atoms with van der Waals surface area (Å²) < 4.78 is 0. The molecule has 0 radical (unpaired) electrons. The highest BCUT2D eigenvalue weighted by Crippen LogP contribution is 2.37. The quantitative estimate of drug-likeness (QED) is 0.266. The van der Waals surface area contributed by atoms with Crippen LogP contribution in [0.25, 0.3) is 43.8 Å². The predicted octanol–water partition coefficient (Wildman–Crippen LogP) is 10.4. The van der Waals surface area contributed by atoms with Crippen molar-refractivity contribution in [2.75, 3.05) is 5.32 Å². The number of rotatable bonds is 4. The van der Waals surface area contributed by atoms with Crippen LogP contribution in [0.2, 0.25) is 0 Å². The van der Waals surface area contributed by atoms with E-state index in [1.807, 2.05) is 0 Å². The van der Waals surface area contributed by atoms with Crippen LogP contribution < -0.4 is 5.32 Å². The largest absolute Gasteiger partial charge is 0.355 e. The van der Waals surface area contributed by atoms with E-state index < -0.39 is 0 Å². The van der Waals surface area contributed by atoms with Crippen LogP contribution in [-0.2, 0) is 5.41 Å². The Morgan fingerprint density at radius 1 is 0.459 bits per heavy atom. The van der Waals surface area contributed by atoms with Gasteiger partial charge in [0.25, 0.3) is 0 Å². The Kier molecular flexibility index (Phi) is 5.77. The second kappa shape index (κ2) is 9.26. The Labute approximate surface area is 219 Å². The minimum atomic E-state index is 0.164. The molecule has 0 heterocycles. The Bertz CT molecular complexity index is 1700. The van der Waals surface area contributed by atoms with Gasteiger partial charge in [0.2, 0.25) is 0 Å². The van der Waals surface area contributed by atoms with E-state index in [2.05, 4.69) is 153 Å². The van der Waals surface area contributed by atoms with Crippen molar-refractivity contribution in [3.05, 3.63) is 133 Å². The Morgan fingerprint density at radius 3 is 1.70 bits per heavy atom. The standard InChI is InChI=1S/C36H31N/c1-36(2,3)29-19-15-25(16-20-29)26-17-21-30(22-18-26)37-31-23-28-10-5-7-13-33(28)35(24-31)34-14-8-11-27-9-4-6-12-32(27)34/h4-24,37H,1-3H3. The van der Waals surface area contributed by atoms with Crippen molar-refractivity contribution in [2.45, 2.75) is 26.2 Å². The maximum Gasteiger partial charge on any atom is 0.0396 e. The Balaban J connectivity index is 1.35. The van der Waals surface area contributed by atoms with Gasteiger partial charge >= 0.3 is 0 Å². The minimum Gasteiger partial charge on any atom is -0.355 e. The average molecular weight is 478 g/mol. The fourth-order valence-corrected chi connectivity index (χ4v) is 5.14. The van der Waals surface area contributed by atoms with E-state index in [0.29, 0.717) is 0 Å². The van der Waals surface area contributed by atoms with Gasteiger partial charge in [0, 0.05) is 11.4 Å². The lowest BCUT2D eigenvalue weighted by Crippen LogP contribution is -2.10. The lowest BCUT2D eigenvalue weighted by Gasteiger charge is -2.19. The molecule has 0 atom stereocenters. The molecule has 180 valence electrons. The van der Waals surface area contributed by atoms with Crippen LogP contribution in [-0.4, -0.2) is 0 Å². The lowest BCUT2D eigenvalue weighted by molar-refractivity contribution is 0.590. The first-order valence-corrected chi connectivity index (χ1v) is 12.9. The second-order valence-corrected chi connectivity index (χ2v) is 10.8. The molecule has 6 rings (SSSR count). The van der Waals surface area contributed by atoms with Crippen molar-refractivity contribution in [3.8, 4) is 22.3 Å². The molecule has 37 heavy (non-hydrogen) atoms. The first-order chi connectivity index (χ1) is 18.0. The van der Waals surface area contributed by atoms with Gasteiger partial charge in [-0.2, -0.15) is 0 Å². The normalized spacial score (nSPS) is 11.6. The van der Waals surface area contributed by atoms with Gasteiger partial charge in [-0.3, -0.25) is 0 Å². The van der Waals surface area contributed by atoms with E-state index in [4.69, 9.17) is 0 Å². The fourth-order valence-electron chi connectivity index (χ4n) is 5.14. The first kappa shape index (κ1) is 23.1. The van der Waals surface area contributed by atoms with Crippen molar-refractivity contribution in [3.63, 3.8) is 0 Å².